The van der Waals surface area contributed by atoms with Crippen LogP contribution < -0.4 is 14.4 Å². The Bertz CT molecular complexity index is 572. The molecule has 0 saturated carbocycles. The fourth-order valence-corrected chi connectivity index (χ4v) is 2.44. The molecule has 22 heavy (non-hydrogen) atoms. The molecule has 0 unspecified atom stereocenters. The van der Waals surface area contributed by atoms with E-state index in [-0.39, 0.29) is 6.03 Å². The quantitative estimate of drug-likeness (QED) is 0.861. The van der Waals surface area contributed by atoms with Gasteiger partial charge in [-0.15, -0.1) is 0 Å². The van der Waals surface area contributed by atoms with E-state index in [4.69, 9.17) is 9.47 Å². The van der Waals surface area contributed by atoms with Crippen LogP contribution in [0.2, 0.25) is 0 Å². The van der Waals surface area contributed by atoms with Crippen molar-refractivity contribution in [3.8, 4) is 11.5 Å². The topological polar surface area (TPSA) is 54.4 Å². The number of urea groups is 1. The second kappa shape index (κ2) is 7.15. The van der Waals surface area contributed by atoms with E-state index in [0.717, 1.165) is 31.6 Å². The van der Waals surface area contributed by atoms with E-state index in [9.17, 15) is 4.79 Å². The first-order chi connectivity index (χ1) is 10.6. The Hall–Kier alpha value is -2.24. The molecular weight excluding hydrogens is 282 g/mol. The molecule has 0 aromatic heterocycles. The van der Waals surface area contributed by atoms with Gasteiger partial charge in [0.25, 0.3) is 0 Å². The van der Waals surface area contributed by atoms with Gasteiger partial charge in [-0.1, -0.05) is 0 Å². The number of ether oxygens (including phenoxy) is 2. The summed E-state index contributed by atoms with van der Waals surface area (Å²) in [7, 11) is 6.82. The summed E-state index contributed by atoms with van der Waals surface area (Å²) in [4.78, 5) is 20.2. The van der Waals surface area contributed by atoms with Gasteiger partial charge in [0.15, 0.2) is 0 Å². The van der Waals surface area contributed by atoms with Crippen molar-refractivity contribution in [3.63, 3.8) is 0 Å². The van der Waals surface area contributed by atoms with Crippen molar-refractivity contribution in [2.75, 3.05) is 39.8 Å². The fraction of sp³-hybridized carbons (Fsp3) is 0.500. The minimum atomic E-state index is -0.310. The van der Waals surface area contributed by atoms with Crippen LogP contribution in [-0.2, 0) is 0 Å². The molecule has 1 saturated heterocycles. The molecule has 2 amide bonds. The highest BCUT2D eigenvalue weighted by atomic mass is 16.5. The number of amides is 2. The maximum absolute atomic E-state index is 12.4. The number of amidine groups is 1. The zero-order valence-corrected chi connectivity index (χ0v) is 13.6. The first kappa shape index (κ1) is 16.1. The maximum atomic E-state index is 12.4. The third-order valence-corrected chi connectivity index (χ3v) is 3.84. The number of benzene rings is 1. The summed E-state index contributed by atoms with van der Waals surface area (Å²) in [6.07, 6.45) is 3.05. The smallest absolute Gasteiger partial charge is 0.349 e. The highest BCUT2D eigenvalue weighted by Crippen LogP contribution is 2.32. The molecule has 120 valence electrons. The minimum absolute atomic E-state index is 0.310. The number of hydrogen-bond acceptors (Lipinski definition) is 3. The minimum Gasteiger partial charge on any atom is -0.497 e. The van der Waals surface area contributed by atoms with Crippen LogP contribution in [0.4, 0.5) is 10.5 Å². The lowest BCUT2D eigenvalue weighted by molar-refractivity contribution is 0.254. The van der Waals surface area contributed by atoms with E-state index < -0.39 is 0 Å². The van der Waals surface area contributed by atoms with Gasteiger partial charge >= 0.3 is 6.03 Å². The predicted molar refractivity (Wildman–Crippen MR) is 87.3 cm³/mol. The Kier molecular flexibility index (Phi) is 5.25. The molecule has 0 atom stereocenters. The summed E-state index contributed by atoms with van der Waals surface area (Å²) in [6.45, 7) is 0.943. The van der Waals surface area contributed by atoms with Gasteiger partial charge in [-0.2, -0.15) is 4.99 Å². The van der Waals surface area contributed by atoms with Crippen LogP contribution in [0, 0.1) is 0 Å². The zero-order chi connectivity index (χ0) is 16.1. The molecule has 6 nitrogen and oxygen atoms in total. The van der Waals surface area contributed by atoms with Gasteiger partial charge in [0, 0.05) is 33.1 Å². The van der Waals surface area contributed by atoms with Crippen LogP contribution in [0.5, 0.6) is 11.5 Å². The van der Waals surface area contributed by atoms with Crippen molar-refractivity contribution >= 4 is 17.6 Å². The molecule has 0 bridgehead atoms. The Morgan fingerprint density at radius 3 is 2.68 bits per heavy atom. The largest absolute Gasteiger partial charge is 0.497 e. The van der Waals surface area contributed by atoms with Crippen molar-refractivity contribution in [2.45, 2.75) is 19.3 Å². The Morgan fingerprint density at radius 2 is 2.05 bits per heavy atom. The number of piperidine rings is 1. The maximum Gasteiger partial charge on any atom is 0.349 e. The lowest BCUT2D eigenvalue weighted by atomic mass is 10.1. The first-order valence-electron chi connectivity index (χ1n) is 7.35. The van der Waals surface area contributed by atoms with E-state index in [1.165, 1.54) is 4.90 Å². The second-order valence-corrected chi connectivity index (χ2v) is 5.29. The third kappa shape index (κ3) is 3.50. The Morgan fingerprint density at radius 1 is 1.27 bits per heavy atom. The predicted octanol–water partition coefficient (Wildman–Crippen LogP) is 2.77. The highest BCUT2D eigenvalue weighted by Gasteiger charge is 2.19. The summed E-state index contributed by atoms with van der Waals surface area (Å²) in [5.74, 6) is 2.11. The highest BCUT2D eigenvalue weighted by molar-refractivity contribution is 6.02. The molecule has 2 rings (SSSR count). The number of carbonyl (C=O) groups excluding carboxylic acids is 1. The van der Waals surface area contributed by atoms with Gasteiger partial charge < -0.3 is 14.4 Å². The molecular formula is C16H23N3O3. The molecule has 1 fully saturated rings. The van der Waals surface area contributed by atoms with Crippen LogP contribution in [0.1, 0.15) is 19.3 Å². The van der Waals surface area contributed by atoms with Crippen LogP contribution in [-0.4, -0.2) is 51.6 Å². The molecule has 0 aliphatic carbocycles. The van der Waals surface area contributed by atoms with Crippen LogP contribution in [0.3, 0.4) is 0 Å². The monoisotopic (exact) mass is 305 g/mol. The summed E-state index contributed by atoms with van der Waals surface area (Å²) in [5, 5.41) is 0. The summed E-state index contributed by atoms with van der Waals surface area (Å²) in [5.41, 5.74) is 0.634. The molecule has 0 N–H and O–H groups in total. The normalized spacial score (nSPS) is 16.5. The van der Waals surface area contributed by atoms with Gasteiger partial charge in [0.1, 0.15) is 17.3 Å². The van der Waals surface area contributed by atoms with Crippen LogP contribution in [0.15, 0.2) is 23.2 Å². The number of carbonyl (C=O) groups is 1. The van der Waals surface area contributed by atoms with E-state index in [1.54, 1.807) is 39.5 Å². The molecule has 1 aliphatic rings. The van der Waals surface area contributed by atoms with Gasteiger partial charge in [-0.25, -0.2) is 4.79 Å². The molecule has 0 radical (unpaired) electrons. The number of hydrogen-bond donors (Lipinski definition) is 0. The van der Waals surface area contributed by atoms with Crippen LogP contribution in [0.25, 0.3) is 0 Å². The van der Waals surface area contributed by atoms with E-state index in [2.05, 4.69) is 4.99 Å². The lowest BCUT2D eigenvalue weighted by Crippen LogP contribution is -2.34. The number of nitrogens with zero attached hydrogens (tertiary/aromatic N) is 3. The molecule has 6 heteroatoms. The lowest BCUT2D eigenvalue weighted by Gasteiger charge is -2.26. The second-order valence-electron chi connectivity index (χ2n) is 5.29. The molecule has 1 aliphatic heterocycles. The average Bonchev–Trinajstić information content (AvgIpc) is 2.55. The first-order valence-corrected chi connectivity index (χ1v) is 7.35. The summed E-state index contributed by atoms with van der Waals surface area (Å²) < 4.78 is 10.5. The van der Waals surface area contributed by atoms with Crippen molar-refractivity contribution < 1.29 is 14.3 Å². The molecule has 1 aromatic rings. The van der Waals surface area contributed by atoms with Crippen molar-refractivity contribution in [1.29, 1.82) is 0 Å². The average molecular weight is 305 g/mol. The van der Waals surface area contributed by atoms with E-state index >= 15 is 0 Å². The van der Waals surface area contributed by atoms with Gasteiger partial charge in [-0.3, -0.25) is 4.90 Å². The zero-order valence-electron chi connectivity index (χ0n) is 13.6. The van der Waals surface area contributed by atoms with Gasteiger partial charge in [0.05, 0.1) is 19.9 Å². The van der Waals surface area contributed by atoms with Crippen molar-refractivity contribution in [1.82, 2.24) is 4.90 Å². The number of anilines is 1. The Labute approximate surface area is 131 Å². The van der Waals surface area contributed by atoms with Gasteiger partial charge in [0.2, 0.25) is 0 Å². The number of aliphatic imine (C=N–C) groups is 1. The number of methoxy groups -OCH3 is 2. The molecule has 1 heterocycles. The molecule has 1 aromatic carbocycles. The Balaban J connectivity index is 2.24. The van der Waals surface area contributed by atoms with Crippen molar-refractivity contribution in [2.24, 2.45) is 4.99 Å². The fourth-order valence-electron chi connectivity index (χ4n) is 2.44. The molecule has 0 spiro atoms. The standard InChI is InChI=1S/C16H23N3O3/c1-18-10-6-5-7-15(18)17-16(20)19(2)13-11-12(21-3)8-9-14(13)22-4/h8-9,11H,5-7,10H2,1-4H3. The van der Waals surface area contributed by atoms with E-state index in [1.807, 2.05) is 11.9 Å². The number of likely N-dealkylation sites (tertiary alicyclic amines) is 1. The summed E-state index contributed by atoms with van der Waals surface area (Å²) in [6, 6.07) is 5.02. The SMILES string of the molecule is COc1ccc(OC)c(N(C)C(=O)N=C2CCCCN2C)c1. The van der Waals surface area contributed by atoms with Gasteiger partial charge in [-0.05, 0) is 25.0 Å². The van der Waals surface area contributed by atoms with Crippen molar-refractivity contribution in [3.05, 3.63) is 18.2 Å². The summed E-state index contributed by atoms with van der Waals surface area (Å²) >= 11 is 0. The number of rotatable bonds is 3. The third-order valence-electron chi connectivity index (χ3n) is 3.84. The van der Waals surface area contributed by atoms with Crippen LogP contribution >= 0.6 is 0 Å². The van der Waals surface area contributed by atoms with E-state index in [0.29, 0.717) is 17.2 Å².